The van der Waals surface area contributed by atoms with Crippen molar-refractivity contribution in [2.24, 2.45) is 5.10 Å². The van der Waals surface area contributed by atoms with Crippen LogP contribution in [0.4, 0.5) is 24.5 Å². The van der Waals surface area contributed by atoms with Crippen molar-refractivity contribution in [3.63, 3.8) is 0 Å². The fourth-order valence-electron chi connectivity index (χ4n) is 3.66. The van der Waals surface area contributed by atoms with Crippen molar-refractivity contribution in [3.8, 4) is 5.75 Å². The van der Waals surface area contributed by atoms with E-state index in [2.05, 4.69) is 15.8 Å². The van der Waals surface area contributed by atoms with E-state index in [1.54, 1.807) is 24.3 Å². The smallest absolute Gasteiger partial charge is 0.416 e. The van der Waals surface area contributed by atoms with Crippen LogP contribution < -0.4 is 15.5 Å². The van der Waals surface area contributed by atoms with E-state index in [4.69, 9.17) is 4.74 Å². The summed E-state index contributed by atoms with van der Waals surface area (Å²) in [6.45, 7) is 1.90. The van der Waals surface area contributed by atoms with Gasteiger partial charge in [-0.25, -0.2) is 10.2 Å². The SMILES string of the molecule is Cc1ccc(C(=O)Nc2ccc(C(=O)N/N=C/c3cc([N+](=O)[O-])ccc3OC(=O)c3cccc(C(F)(F)F)c3)cc2)cc1. The van der Waals surface area contributed by atoms with Gasteiger partial charge in [-0.1, -0.05) is 23.8 Å². The predicted molar refractivity (Wildman–Crippen MR) is 150 cm³/mol. The third kappa shape index (κ3) is 7.88. The molecule has 2 amide bonds. The molecule has 218 valence electrons. The number of nitro benzene ring substituents is 1. The molecule has 0 bridgehead atoms. The number of esters is 1. The third-order valence-corrected chi connectivity index (χ3v) is 5.92. The zero-order valence-corrected chi connectivity index (χ0v) is 22.2. The molecule has 4 aromatic carbocycles. The second kappa shape index (κ2) is 12.8. The van der Waals surface area contributed by atoms with Crippen molar-refractivity contribution in [2.45, 2.75) is 13.1 Å². The van der Waals surface area contributed by atoms with Gasteiger partial charge in [-0.3, -0.25) is 19.7 Å². The first kappa shape index (κ1) is 30.1. The standard InChI is InChI=1S/C30H21F3N4O6/c1-18-5-7-19(8-6-18)27(38)35-24-11-9-20(10-12-24)28(39)36-34-17-22-16-25(37(41)42)13-14-26(22)43-29(40)21-3-2-4-23(15-21)30(31,32)33/h2-17H,1H3,(H,35,38)(H,36,39)/b34-17+. The molecule has 0 heterocycles. The Labute approximate surface area is 242 Å². The number of carbonyl (C=O) groups is 3. The zero-order chi connectivity index (χ0) is 31.1. The molecule has 43 heavy (non-hydrogen) atoms. The summed E-state index contributed by atoms with van der Waals surface area (Å²) in [5.41, 5.74) is 2.35. The Morgan fingerprint density at radius 3 is 2.16 bits per heavy atom. The van der Waals surface area contributed by atoms with Gasteiger partial charge >= 0.3 is 12.1 Å². The van der Waals surface area contributed by atoms with E-state index in [-0.39, 0.29) is 22.8 Å². The maximum atomic E-state index is 13.0. The highest BCUT2D eigenvalue weighted by molar-refractivity contribution is 6.04. The number of benzene rings is 4. The Morgan fingerprint density at radius 2 is 1.51 bits per heavy atom. The van der Waals surface area contributed by atoms with Gasteiger partial charge in [0.15, 0.2) is 0 Å². The van der Waals surface area contributed by atoms with Gasteiger partial charge in [0.05, 0.1) is 22.3 Å². The van der Waals surface area contributed by atoms with Gasteiger partial charge in [0.2, 0.25) is 0 Å². The van der Waals surface area contributed by atoms with Gasteiger partial charge < -0.3 is 10.1 Å². The van der Waals surface area contributed by atoms with Crippen LogP contribution >= 0.6 is 0 Å². The Kier molecular flexibility index (Phi) is 8.94. The summed E-state index contributed by atoms with van der Waals surface area (Å²) in [7, 11) is 0. The van der Waals surface area contributed by atoms with Crippen molar-refractivity contribution in [3.05, 3.63) is 134 Å². The Morgan fingerprint density at radius 1 is 0.860 bits per heavy atom. The Hall–Kier alpha value is -5.85. The summed E-state index contributed by atoms with van der Waals surface area (Å²) in [6, 6.07) is 19.6. The van der Waals surface area contributed by atoms with Gasteiger partial charge in [-0.05, 0) is 67.6 Å². The van der Waals surface area contributed by atoms with Crippen LogP contribution in [0.5, 0.6) is 5.75 Å². The molecule has 2 N–H and O–H groups in total. The van der Waals surface area contributed by atoms with Gasteiger partial charge in [0.1, 0.15) is 5.75 Å². The monoisotopic (exact) mass is 590 g/mol. The number of alkyl halides is 3. The number of amides is 2. The first-order valence-electron chi connectivity index (χ1n) is 12.4. The number of nitrogens with one attached hydrogen (secondary N) is 2. The summed E-state index contributed by atoms with van der Waals surface area (Å²) >= 11 is 0. The number of halogens is 3. The average molecular weight is 591 g/mol. The number of hydrogen-bond acceptors (Lipinski definition) is 7. The summed E-state index contributed by atoms with van der Waals surface area (Å²) in [4.78, 5) is 48.0. The molecule has 0 saturated heterocycles. The molecule has 4 rings (SSSR count). The molecular formula is C30H21F3N4O6. The largest absolute Gasteiger partial charge is 0.422 e. The molecular weight excluding hydrogens is 569 g/mol. The average Bonchev–Trinajstić information content (AvgIpc) is 2.98. The summed E-state index contributed by atoms with van der Waals surface area (Å²) < 4.78 is 44.3. The lowest BCUT2D eigenvalue weighted by Crippen LogP contribution is -2.18. The normalized spacial score (nSPS) is 11.2. The zero-order valence-electron chi connectivity index (χ0n) is 22.2. The van der Waals surface area contributed by atoms with Gasteiger partial charge in [0, 0.05) is 34.5 Å². The van der Waals surface area contributed by atoms with E-state index >= 15 is 0 Å². The number of anilines is 1. The van der Waals surface area contributed by atoms with Crippen LogP contribution in [0.25, 0.3) is 0 Å². The number of hydrazone groups is 1. The molecule has 0 fully saturated rings. The number of non-ortho nitro benzene ring substituents is 1. The van der Waals surface area contributed by atoms with Gasteiger partial charge in [0.25, 0.3) is 17.5 Å². The molecule has 0 aliphatic heterocycles. The lowest BCUT2D eigenvalue weighted by molar-refractivity contribution is -0.384. The number of carbonyl (C=O) groups excluding carboxylic acids is 3. The van der Waals surface area contributed by atoms with Crippen molar-refractivity contribution >= 4 is 35.4 Å². The number of rotatable bonds is 8. The molecule has 0 unspecified atom stereocenters. The predicted octanol–water partition coefficient (Wildman–Crippen LogP) is 6.16. The minimum absolute atomic E-state index is 0.107. The lowest BCUT2D eigenvalue weighted by atomic mass is 10.1. The third-order valence-electron chi connectivity index (χ3n) is 5.92. The summed E-state index contributed by atoms with van der Waals surface area (Å²) in [5, 5.41) is 17.7. The van der Waals surface area contributed by atoms with Crippen LogP contribution in [-0.2, 0) is 6.18 Å². The highest BCUT2D eigenvalue weighted by atomic mass is 19.4. The topological polar surface area (TPSA) is 140 Å². The van der Waals surface area contributed by atoms with Crippen molar-refractivity contribution in [2.75, 3.05) is 5.32 Å². The van der Waals surface area contributed by atoms with Crippen molar-refractivity contribution in [1.82, 2.24) is 5.43 Å². The van der Waals surface area contributed by atoms with Crippen LogP contribution in [0.3, 0.4) is 0 Å². The van der Waals surface area contributed by atoms with Crippen LogP contribution in [0, 0.1) is 17.0 Å². The molecule has 0 spiro atoms. The maximum Gasteiger partial charge on any atom is 0.416 e. The second-order valence-corrected chi connectivity index (χ2v) is 9.04. The molecule has 0 aliphatic carbocycles. The van der Waals surface area contributed by atoms with E-state index in [0.29, 0.717) is 17.3 Å². The molecule has 4 aromatic rings. The summed E-state index contributed by atoms with van der Waals surface area (Å²) in [5.74, 6) is -2.39. The molecule has 0 saturated carbocycles. The quantitative estimate of drug-likeness (QED) is 0.0829. The van der Waals surface area contributed by atoms with E-state index in [1.807, 2.05) is 6.92 Å². The van der Waals surface area contributed by atoms with Gasteiger partial charge in [-0.2, -0.15) is 18.3 Å². The molecule has 0 aliphatic rings. The highest BCUT2D eigenvalue weighted by Gasteiger charge is 2.31. The second-order valence-electron chi connectivity index (χ2n) is 9.04. The van der Waals surface area contributed by atoms with Crippen LogP contribution in [-0.4, -0.2) is 28.9 Å². The molecule has 0 radical (unpaired) electrons. The fraction of sp³-hybridized carbons (Fsp3) is 0.0667. The van der Waals surface area contributed by atoms with E-state index in [9.17, 15) is 37.7 Å². The van der Waals surface area contributed by atoms with Crippen LogP contribution in [0.1, 0.15) is 47.8 Å². The lowest BCUT2D eigenvalue weighted by Gasteiger charge is -2.10. The fourth-order valence-corrected chi connectivity index (χ4v) is 3.66. The Bertz CT molecular complexity index is 1720. The number of nitrogens with zero attached hydrogens (tertiary/aromatic N) is 2. The van der Waals surface area contributed by atoms with Crippen molar-refractivity contribution < 1.29 is 37.2 Å². The Balaban J connectivity index is 1.45. The minimum Gasteiger partial charge on any atom is -0.422 e. The van der Waals surface area contributed by atoms with E-state index in [1.165, 1.54) is 24.3 Å². The highest BCUT2D eigenvalue weighted by Crippen LogP contribution is 2.30. The maximum absolute atomic E-state index is 13.0. The number of hydrogen-bond donors (Lipinski definition) is 2. The summed E-state index contributed by atoms with van der Waals surface area (Å²) in [6.07, 6.45) is -3.70. The number of aryl methyl sites for hydroxylation is 1. The van der Waals surface area contributed by atoms with Crippen LogP contribution in [0.2, 0.25) is 0 Å². The van der Waals surface area contributed by atoms with E-state index < -0.39 is 39.8 Å². The number of nitro groups is 1. The van der Waals surface area contributed by atoms with Crippen molar-refractivity contribution in [1.29, 1.82) is 0 Å². The number of ether oxygens (including phenoxy) is 1. The first-order chi connectivity index (χ1) is 20.4. The molecule has 13 heteroatoms. The first-order valence-corrected chi connectivity index (χ1v) is 12.4. The molecule has 10 nitrogen and oxygen atoms in total. The minimum atomic E-state index is -4.69. The van der Waals surface area contributed by atoms with Crippen LogP contribution in [0.15, 0.2) is 96.1 Å². The van der Waals surface area contributed by atoms with Gasteiger partial charge in [-0.15, -0.1) is 0 Å². The molecule has 0 atom stereocenters. The molecule has 0 aromatic heterocycles. The van der Waals surface area contributed by atoms with E-state index in [0.717, 1.165) is 48.2 Å².